The number of nitrogens with one attached hydrogen (secondary N) is 1. The maximum Gasteiger partial charge on any atom is 0.261 e. The van der Waals surface area contributed by atoms with E-state index in [1.165, 1.54) is 24.2 Å². The molecule has 1 aliphatic heterocycles. The predicted octanol–water partition coefficient (Wildman–Crippen LogP) is 2.95. The summed E-state index contributed by atoms with van der Waals surface area (Å²) in [7, 11) is 0. The number of fused-ring (bicyclic) bond motifs is 1. The van der Waals surface area contributed by atoms with Crippen molar-refractivity contribution in [3.05, 3.63) is 10.9 Å². The first-order chi connectivity index (χ1) is 11.1. The van der Waals surface area contributed by atoms with Crippen molar-refractivity contribution in [2.45, 2.75) is 26.7 Å². The van der Waals surface area contributed by atoms with E-state index in [9.17, 15) is 9.90 Å². The van der Waals surface area contributed by atoms with Crippen LogP contribution in [0.25, 0.3) is 9.53 Å². The van der Waals surface area contributed by atoms with Gasteiger partial charge in [0, 0.05) is 32.2 Å². The summed E-state index contributed by atoms with van der Waals surface area (Å²) in [4.78, 5) is 20.9. The number of aliphatic hydroxyl groups excluding tert-OH is 1. The van der Waals surface area contributed by atoms with Gasteiger partial charge in [0.25, 0.3) is 5.91 Å². The van der Waals surface area contributed by atoms with Crippen LogP contribution in [0.2, 0.25) is 0 Å². The van der Waals surface area contributed by atoms with Gasteiger partial charge in [-0.1, -0.05) is 25.2 Å². The summed E-state index contributed by atoms with van der Waals surface area (Å²) in [5, 5.41) is 13.3. The highest BCUT2D eigenvalue weighted by Gasteiger charge is 2.20. The Morgan fingerprint density at radius 2 is 2.13 bits per heavy atom. The summed E-state index contributed by atoms with van der Waals surface area (Å²) in [5.41, 5.74) is 0. The molecule has 0 aromatic carbocycles. The van der Waals surface area contributed by atoms with E-state index < -0.39 is 0 Å². The third-order valence-corrected chi connectivity index (χ3v) is 6.60. The molecule has 1 aliphatic rings. The van der Waals surface area contributed by atoms with Crippen LogP contribution in [-0.2, 0) is 0 Å². The molecule has 3 heterocycles. The van der Waals surface area contributed by atoms with Crippen molar-refractivity contribution in [2.75, 3.05) is 31.1 Å². The number of amides is 1. The lowest BCUT2D eigenvalue weighted by molar-refractivity contribution is 0.0935. The van der Waals surface area contributed by atoms with E-state index in [0.717, 1.165) is 27.8 Å². The first-order valence-corrected chi connectivity index (χ1v) is 9.76. The number of hydrogen-bond acceptors (Lipinski definition) is 6. The molecule has 2 aromatic heterocycles. The largest absolute Gasteiger partial charge is 0.396 e. The predicted molar refractivity (Wildman–Crippen MR) is 96.7 cm³/mol. The van der Waals surface area contributed by atoms with E-state index in [1.54, 1.807) is 11.3 Å². The fraction of sp³-hybridized carbons (Fsp3) is 0.625. The van der Waals surface area contributed by atoms with Gasteiger partial charge in [-0.25, -0.2) is 4.98 Å². The summed E-state index contributed by atoms with van der Waals surface area (Å²) in [6, 6.07) is 1.94. The highest BCUT2D eigenvalue weighted by Crippen LogP contribution is 2.35. The summed E-state index contributed by atoms with van der Waals surface area (Å²) in [6.45, 7) is 6.89. The standard InChI is InChI=1S/C16H23N3O2S2/c1-10(2)11(9-20)8-17-14(21)12-7-13-15(22-12)18-16(23-13)19-5-3-4-6-19/h7,10-11,20H,3-6,8-9H2,1-2H3,(H,17,21). The third kappa shape index (κ3) is 3.67. The number of hydrogen-bond donors (Lipinski definition) is 2. The van der Waals surface area contributed by atoms with E-state index in [-0.39, 0.29) is 18.4 Å². The molecule has 0 radical (unpaired) electrons. The molecule has 1 amide bonds. The molecule has 0 aliphatic carbocycles. The number of thiazole rings is 1. The molecule has 1 unspecified atom stereocenters. The number of thiophene rings is 1. The molecule has 1 fully saturated rings. The Hall–Kier alpha value is -1.18. The molecular weight excluding hydrogens is 330 g/mol. The van der Waals surface area contributed by atoms with Crippen molar-refractivity contribution in [3.63, 3.8) is 0 Å². The minimum absolute atomic E-state index is 0.0676. The minimum Gasteiger partial charge on any atom is -0.396 e. The van der Waals surface area contributed by atoms with Crippen LogP contribution < -0.4 is 10.2 Å². The number of anilines is 1. The van der Waals surface area contributed by atoms with Crippen LogP contribution in [0.15, 0.2) is 6.07 Å². The molecule has 23 heavy (non-hydrogen) atoms. The first kappa shape index (κ1) is 16.7. The quantitative estimate of drug-likeness (QED) is 0.838. The summed E-state index contributed by atoms with van der Waals surface area (Å²) < 4.78 is 1.09. The second-order valence-corrected chi connectivity index (χ2v) is 8.41. The zero-order valence-electron chi connectivity index (χ0n) is 13.5. The molecular formula is C16H23N3O2S2. The van der Waals surface area contributed by atoms with Crippen LogP contribution in [0, 0.1) is 11.8 Å². The Morgan fingerprint density at radius 1 is 1.39 bits per heavy atom. The van der Waals surface area contributed by atoms with Crippen molar-refractivity contribution in [1.29, 1.82) is 0 Å². The number of carbonyl (C=O) groups excluding carboxylic acids is 1. The summed E-state index contributed by atoms with van der Waals surface area (Å²) in [6.07, 6.45) is 2.48. The van der Waals surface area contributed by atoms with Crippen LogP contribution in [0.3, 0.4) is 0 Å². The van der Waals surface area contributed by atoms with Crippen molar-refractivity contribution in [3.8, 4) is 0 Å². The molecule has 1 saturated heterocycles. The lowest BCUT2D eigenvalue weighted by Crippen LogP contribution is -2.32. The van der Waals surface area contributed by atoms with Crippen LogP contribution >= 0.6 is 22.7 Å². The van der Waals surface area contributed by atoms with E-state index >= 15 is 0 Å². The lowest BCUT2D eigenvalue weighted by Gasteiger charge is -2.18. The number of rotatable bonds is 6. The first-order valence-electron chi connectivity index (χ1n) is 8.13. The van der Waals surface area contributed by atoms with Gasteiger partial charge in [0.1, 0.15) is 4.83 Å². The van der Waals surface area contributed by atoms with Gasteiger partial charge in [0.05, 0.1) is 9.58 Å². The molecule has 0 bridgehead atoms. The van der Waals surface area contributed by atoms with Gasteiger partial charge in [-0.3, -0.25) is 4.79 Å². The van der Waals surface area contributed by atoms with Crippen molar-refractivity contribution in [2.24, 2.45) is 11.8 Å². The van der Waals surface area contributed by atoms with Crippen LogP contribution in [-0.4, -0.2) is 42.2 Å². The zero-order valence-corrected chi connectivity index (χ0v) is 15.2. The second-order valence-electron chi connectivity index (χ2n) is 6.37. The molecule has 1 atom stereocenters. The van der Waals surface area contributed by atoms with Gasteiger partial charge in [-0.05, 0) is 24.8 Å². The molecule has 5 nitrogen and oxygen atoms in total. The van der Waals surface area contributed by atoms with Crippen LogP contribution in [0.1, 0.15) is 36.4 Å². The molecule has 126 valence electrons. The van der Waals surface area contributed by atoms with Gasteiger partial charge in [0.15, 0.2) is 5.13 Å². The average Bonchev–Trinajstić information content (AvgIpc) is 3.22. The SMILES string of the molecule is CC(C)C(CO)CNC(=O)c1cc2sc(N3CCCC3)nc2s1. The van der Waals surface area contributed by atoms with E-state index in [0.29, 0.717) is 17.3 Å². The fourth-order valence-corrected chi connectivity index (χ4v) is 4.88. The van der Waals surface area contributed by atoms with E-state index in [4.69, 9.17) is 0 Å². The molecule has 7 heteroatoms. The van der Waals surface area contributed by atoms with E-state index in [2.05, 4.69) is 29.0 Å². The van der Waals surface area contributed by atoms with Crippen molar-refractivity contribution >= 4 is 43.2 Å². The number of aromatic nitrogens is 1. The molecule has 2 N–H and O–H groups in total. The van der Waals surface area contributed by atoms with Gasteiger partial charge in [-0.15, -0.1) is 11.3 Å². The summed E-state index contributed by atoms with van der Waals surface area (Å²) >= 11 is 3.12. The third-order valence-electron chi connectivity index (χ3n) is 4.38. The second kappa shape index (κ2) is 7.15. The van der Waals surface area contributed by atoms with Crippen LogP contribution in [0.4, 0.5) is 5.13 Å². The topological polar surface area (TPSA) is 65.5 Å². The monoisotopic (exact) mass is 353 g/mol. The number of carbonyl (C=O) groups is 1. The number of nitrogens with zero attached hydrogens (tertiary/aromatic N) is 2. The van der Waals surface area contributed by atoms with Crippen molar-refractivity contribution in [1.82, 2.24) is 10.3 Å². The normalized spacial score (nSPS) is 16.4. The Kier molecular flexibility index (Phi) is 5.18. The van der Waals surface area contributed by atoms with Gasteiger partial charge in [0.2, 0.25) is 0 Å². The molecule has 3 rings (SSSR count). The Balaban J connectivity index is 1.65. The van der Waals surface area contributed by atoms with Gasteiger partial charge in [-0.2, -0.15) is 0 Å². The molecule has 0 spiro atoms. The van der Waals surface area contributed by atoms with E-state index in [1.807, 2.05) is 6.07 Å². The van der Waals surface area contributed by atoms with Crippen LogP contribution in [0.5, 0.6) is 0 Å². The summed E-state index contributed by atoms with van der Waals surface area (Å²) in [5.74, 6) is 0.374. The molecule has 0 saturated carbocycles. The average molecular weight is 354 g/mol. The fourth-order valence-electron chi connectivity index (χ4n) is 2.70. The molecule has 2 aromatic rings. The number of aliphatic hydroxyl groups is 1. The Labute approximate surface area is 144 Å². The smallest absolute Gasteiger partial charge is 0.261 e. The maximum atomic E-state index is 12.3. The lowest BCUT2D eigenvalue weighted by atomic mass is 9.97. The Morgan fingerprint density at radius 3 is 2.74 bits per heavy atom. The van der Waals surface area contributed by atoms with Crippen molar-refractivity contribution < 1.29 is 9.90 Å². The van der Waals surface area contributed by atoms with Gasteiger partial charge < -0.3 is 15.3 Å². The minimum atomic E-state index is -0.0676. The zero-order chi connectivity index (χ0) is 16.4. The maximum absolute atomic E-state index is 12.3. The highest BCUT2D eigenvalue weighted by molar-refractivity contribution is 7.29. The van der Waals surface area contributed by atoms with Gasteiger partial charge >= 0.3 is 0 Å². The highest BCUT2D eigenvalue weighted by atomic mass is 32.1. The Bertz CT molecular complexity index is 642.